The lowest BCUT2D eigenvalue weighted by Crippen LogP contribution is -2.05. The first-order valence-electron chi connectivity index (χ1n) is 14.9. The SMILES string of the molecule is c1ccc(-c2nc(-n3c4cccc5ccc6c7ccc8ccccc8c7n(c7ccccc73)c6c54)nc3ccccc23)cc1. The van der Waals surface area contributed by atoms with Gasteiger partial charge in [0.2, 0.25) is 5.95 Å². The van der Waals surface area contributed by atoms with Gasteiger partial charge in [0.25, 0.3) is 0 Å². The Balaban J connectivity index is 1.49. The summed E-state index contributed by atoms with van der Waals surface area (Å²) in [4.78, 5) is 10.6. The zero-order valence-corrected chi connectivity index (χ0v) is 23.6. The average Bonchev–Trinajstić information content (AvgIpc) is 3.37. The van der Waals surface area contributed by atoms with Crippen LogP contribution in [0.15, 0.2) is 146 Å². The van der Waals surface area contributed by atoms with Gasteiger partial charge >= 0.3 is 0 Å². The maximum absolute atomic E-state index is 5.35. The summed E-state index contributed by atoms with van der Waals surface area (Å²) in [6.45, 7) is 0. The minimum Gasteiger partial charge on any atom is -0.306 e. The molecule has 44 heavy (non-hydrogen) atoms. The number of fused-ring (bicyclic) bond motifs is 8. The van der Waals surface area contributed by atoms with E-state index in [-0.39, 0.29) is 0 Å². The predicted molar refractivity (Wildman–Crippen MR) is 183 cm³/mol. The van der Waals surface area contributed by atoms with Crippen LogP contribution < -0.4 is 0 Å². The Kier molecular flexibility index (Phi) is 4.69. The Morgan fingerprint density at radius 1 is 0.409 bits per heavy atom. The zero-order chi connectivity index (χ0) is 28.8. The molecular formula is C40H24N4. The number of para-hydroxylation sites is 3. The molecule has 0 bridgehead atoms. The fourth-order valence-electron chi connectivity index (χ4n) is 7.21. The second kappa shape index (κ2) is 8.76. The molecule has 3 heterocycles. The molecule has 4 heteroatoms. The second-order valence-corrected chi connectivity index (χ2v) is 11.4. The van der Waals surface area contributed by atoms with Crippen LogP contribution in [-0.4, -0.2) is 18.9 Å². The molecule has 0 atom stereocenters. The van der Waals surface area contributed by atoms with Crippen LogP contribution >= 0.6 is 0 Å². The molecule has 204 valence electrons. The van der Waals surface area contributed by atoms with Crippen LogP contribution in [0.3, 0.4) is 0 Å². The molecule has 0 saturated carbocycles. The third kappa shape index (κ3) is 3.11. The molecule has 10 rings (SSSR count). The highest BCUT2D eigenvalue weighted by molar-refractivity contribution is 6.27. The van der Waals surface area contributed by atoms with E-state index < -0.39 is 0 Å². The van der Waals surface area contributed by atoms with E-state index >= 15 is 0 Å². The van der Waals surface area contributed by atoms with Crippen LogP contribution in [0.1, 0.15) is 0 Å². The highest BCUT2D eigenvalue weighted by Crippen LogP contribution is 2.41. The Morgan fingerprint density at radius 2 is 1.07 bits per heavy atom. The molecule has 10 aromatic rings. The number of hydrogen-bond donors (Lipinski definition) is 0. The molecule has 7 aromatic carbocycles. The summed E-state index contributed by atoms with van der Waals surface area (Å²) in [6.07, 6.45) is 0. The highest BCUT2D eigenvalue weighted by atomic mass is 15.2. The standard InChI is InChI=1S/C40H24N4/c1-2-12-27(13-3-1)37-31-16-6-7-17-32(31)41-40(42-37)43-33-18-8-9-19-34(33)44-38-28-15-5-4-11-25(28)21-23-29(38)30-24-22-26-14-10-20-35(43)36(26)39(30)44/h1-24H. The molecule has 0 N–H and O–H groups in total. The van der Waals surface area contributed by atoms with Gasteiger partial charge in [0, 0.05) is 32.5 Å². The molecule has 0 radical (unpaired) electrons. The lowest BCUT2D eigenvalue weighted by atomic mass is 10.0. The van der Waals surface area contributed by atoms with E-state index in [1.165, 1.54) is 43.4 Å². The summed E-state index contributed by atoms with van der Waals surface area (Å²) < 4.78 is 4.74. The van der Waals surface area contributed by atoms with E-state index in [0.29, 0.717) is 5.95 Å². The van der Waals surface area contributed by atoms with E-state index in [4.69, 9.17) is 9.97 Å². The van der Waals surface area contributed by atoms with Crippen LogP contribution in [0.2, 0.25) is 0 Å². The molecule has 0 amide bonds. The smallest absolute Gasteiger partial charge is 0.235 e. The average molecular weight is 561 g/mol. The molecule has 0 aliphatic rings. The topological polar surface area (TPSA) is 35.1 Å². The van der Waals surface area contributed by atoms with Gasteiger partial charge < -0.3 is 4.40 Å². The van der Waals surface area contributed by atoms with Gasteiger partial charge in [-0.2, -0.15) is 0 Å². The number of aromatic nitrogens is 4. The van der Waals surface area contributed by atoms with Gasteiger partial charge in [-0.3, -0.25) is 4.57 Å². The van der Waals surface area contributed by atoms with Crippen molar-refractivity contribution < 1.29 is 0 Å². The van der Waals surface area contributed by atoms with Gasteiger partial charge in [0.1, 0.15) is 0 Å². The quantitative estimate of drug-likeness (QED) is 0.211. The first-order chi connectivity index (χ1) is 21.8. The molecule has 4 nitrogen and oxygen atoms in total. The van der Waals surface area contributed by atoms with Crippen molar-refractivity contribution in [1.82, 2.24) is 18.9 Å². The van der Waals surface area contributed by atoms with Crippen molar-refractivity contribution in [3.8, 4) is 17.2 Å². The van der Waals surface area contributed by atoms with Crippen LogP contribution in [0.5, 0.6) is 0 Å². The monoisotopic (exact) mass is 560 g/mol. The van der Waals surface area contributed by atoms with Crippen molar-refractivity contribution in [1.29, 1.82) is 0 Å². The lowest BCUT2D eigenvalue weighted by molar-refractivity contribution is 1.01. The van der Waals surface area contributed by atoms with Gasteiger partial charge in [-0.15, -0.1) is 0 Å². The van der Waals surface area contributed by atoms with Crippen molar-refractivity contribution in [2.75, 3.05) is 0 Å². The first-order valence-corrected chi connectivity index (χ1v) is 14.9. The maximum atomic E-state index is 5.35. The normalized spacial score (nSPS) is 12.1. The van der Waals surface area contributed by atoms with Crippen LogP contribution in [-0.2, 0) is 0 Å². The Hall–Kier alpha value is -6.00. The van der Waals surface area contributed by atoms with Gasteiger partial charge in [-0.05, 0) is 35.0 Å². The molecule has 0 aliphatic heterocycles. The highest BCUT2D eigenvalue weighted by Gasteiger charge is 2.21. The van der Waals surface area contributed by atoms with E-state index in [0.717, 1.165) is 38.7 Å². The third-order valence-electron chi connectivity index (χ3n) is 9.08. The summed E-state index contributed by atoms with van der Waals surface area (Å²) in [6, 6.07) is 51.7. The first kappa shape index (κ1) is 23.6. The van der Waals surface area contributed by atoms with Gasteiger partial charge in [0.05, 0.1) is 38.8 Å². The van der Waals surface area contributed by atoms with Crippen LogP contribution in [0.25, 0.3) is 88.0 Å². The fourth-order valence-corrected chi connectivity index (χ4v) is 7.21. The minimum absolute atomic E-state index is 0.652. The molecule has 0 unspecified atom stereocenters. The number of benzene rings is 7. The van der Waals surface area contributed by atoms with E-state index in [9.17, 15) is 0 Å². The predicted octanol–water partition coefficient (Wildman–Crippen LogP) is 10.1. The van der Waals surface area contributed by atoms with Crippen LogP contribution in [0, 0.1) is 0 Å². The van der Waals surface area contributed by atoms with Crippen LogP contribution in [0.4, 0.5) is 0 Å². The van der Waals surface area contributed by atoms with Gasteiger partial charge in [-0.25, -0.2) is 9.97 Å². The number of hydrogen-bond acceptors (Lipinski definition) is 2. The van der Waals surface area contributed by atoms with Crippen molar-refractivity contribution in [2.24, 2.45) is 0 Å². The van der Waals surface area contributed by atoms with Crippen molar-refractivity contribution in [3.63, 3.8) is 0 Å². The molecule has 3 aromatic heterocycles. The number of nitrogens with zero attached hydrogens (tertiary/aromatic N) is 4. The molecule has 0 spiro atoms. The van der Waals surface area contributed by atoms with E-state index in [1.54, 1.807) is 0 Å². The molecule has 0 fully saturated rings. The van der Waals surface area contributed by atoms with Crippen molar-refractivity contribution in [2.45, 2.75) is 0 Å². The van der Waals surface area contributed by atoms with Gasteiger partial charge in [-0.1, -0.05) is 121 Å². The minimum atomic E-state index is 0.652. The summed E-state index contributed by atoms with van der Waals surface area (Å²) in [5.41, 5.74) is 8.56. The van der Waals surface area contributed by atoms with Crippen molar-refractivity contribution >= 4 is 70.8 Å². The summed E-state index contributed by atoms with van der Waals surface area (Å²) in [5.74, 6) is 0.652. The van der Waals surface area contributed by atoms with E-state index in [1.807, 2.05) is 6.07 Å². The third-order valence-corrected chi connectivity index (χ3v) is 9.08. The largest absolute Gasteiger partial charge is 0.306 e. The maximum Gasteiger partial charge on any atom is 0.235 e. The summed E-state index contributed by atoms with van der Waals surface area (Å²) >= 11 is 0. The Bertz CT molecular complexity index is 2770. The number of rotatable bonds is 2. The molecule has 0 aliphatic carbocycles. The lowest BCUT2D eigenvalue weighted by Gasteiger charge is -2.14. The van der Waals surface area contributed by atoms with Gasteiger partial charge in [0.15, 0.2) is 0 Å². The summed E-state index contributed by atoms with van der Waals surface area (Å²) in [7, 11) is 0. The van der Waals surface area contributed by atoms with Crippen molar-refractivity contribution in [3.05, 3.63) is 146 Å². The molecular weight excluding hydrogens is 536 g/mol. The van der Waals surface area contributed by atoms with E-state index in [2.05, 4.69) is 148 Å². The summed E-state index contributed by atoms with van der Waals surface area (Å²) in [5, 5.41) is 8.38. The second-order valence-electron chi connectivity index (χ2n) is 11.4. The zero-order valence-electron chi connectivity index (χ0n) is 23.6. The molecule has 0 saturated heterocycles. The Labute approximate surface area is 252 Å². The fraction of sp³-hybridized carbons (Fsp3) is 0. The Morgan fingerprint density at radius 3 is 1.95 bits per heavy atom.